The monoisotopic (exact) mass is 359 g/mol. The number of nitrogens with one attached hydrogen (secondary N) is 1. The predicted octanol–water partition coefficient (Wildman–Crippen LogP) is 2.87. The second-order valence-corrected chi connectivity index (χ2v) is 7.03. The van der Waals surface area contributed by atoms with Gasteiger partial charge in [0, 0.05) is 30.3 Å². The minimum absolute atomic E-state index is 0.0597. The molecule has 24 heavy (non-hydrogen) atoms. The van der Waals surface area contributed by atoms with Crippen molar-refractivity contribution in [1.82, 2.24) is 5.32 Å². The number of hydrogen-bond donors (Lipinski definition) is 2. The van der Waals surface area contributed by atoms with Gasteiger partial charge in [0.1, 0.15) is 6.10 Å². The largest absolute Gasteiger partial charge is 0.459 e. The summed E-state index contributed by atoms with van der Waals surface area (Å²) in [7, 11) is 0. The number of aliphatic hydroxyl groups is 1. The number of carbonyl (C=O) groups excluding carboxylic acids is 1. The normalized spacial score (nSPS) is 28.5. The highest BCUT2D eigenvalue weighted by Gasteiger charge is 2.54. The molecule has 3 atom stereocenters. The molecule has 0 spiro atoms. The van der Waals surface area contributed by atoms with Crippen LogP contribution in [-0.2, 0) is 15.1 Å². The van der Waals surface area contributed by atoms with Gasteiger partial charge in [-0.25, -0.2) is 13.6 Å². The zero-order valence-electron chi connectivity index (χ0n) is 13.1. The van der Waals surface area contributed by atoms with E-state index < -0.39 is 29.8 Å². The van der Waals surface area contributed by atoms with Gasteiger partial charge in [0.2, 0.25) is 5.92 Å². The van der Waals surface area contributed by atoms with Gasteiger partial charge >= 0.3 is 5.97 Å². The van der Waals surface area contributed by atoms with Crippen LogP contribution >= 0.6 is 11.6 Å². The number of esters is 1. The molecule has 1 aromatic carbocycles. The van der Waals surface area contributed by atoms with Crippen molar-refractivity contribution in [2.45, 2.75) is 43.3 Å². The Balaban J connectivity index is 1.90. The maximum atomic E-state index is 13.7. The summed E-state index contributed by atoms with van der Waals surface area (Å²) in [4.78, 5) is 12.7. The fourth-order valence-corrected chi connectivity index (χ4v) is 3.63. The average Bonchev–Trinajstić information content (AvgIpc) is 3.16. The minimum Gasteiger partial charge on any atom is -0.459 e. The van der Waals surface area contributed by atoms with Crippen LogP contribution in [0.15, 0.2) is 24.3 Å². The van der Waals surface area contributed by atoms with Crippen molar-refractivity contribution in [3.63, 3.8) is 0 Å². The molecule has 1 aromatic rings. The lowest BCUT2D eigenvalue weighted by Crippen LogP contribution is -2.45. The first kappa shape index (κ1) is 17.6. The number of halogens is 3. The summed E-state index contributed by atoms with van der Waals surface area (Å²) in [5.41, 5.74) is -1.85. The van der Waals surface area contributed by atoms with Gasteiger partial charge in [0.15, 0.2) is 5.60 Å². The molecule has 1 heterocycles. The zero-order chi connectivity index (χ0) is 17.4. The van der Waals surface area contributed by atoms with Gasteiger partial charge in [-0.2, -0.15) is 0 Å². The van der Waals surface area contributed by atoms with E-state index in [1.165, 1.54) is 24.3 Å². The molecule has 1 saturated carbocycles. The lowest BCUT2D eigenvalue weighted by Gasteiger charge is -2.33. The van der Waals surface area contributed by atoms with Gasteiger partial charge in [-0.3, -0.25) is 0 Å². The summed E-state index contributed by atoms with van der Waals surface area (Å²) in [5, 5.41) is 14.7. The molecule has 0 amide bonds. The van der Waals surface area contributed by atoms with E-state index in [0.29, 0.717) is 18.0 Å². The van der Waals surface area contributed by atoms with E-state index in [-0.39, 0.29) is 24.5 Å². The van der Waals surface area contributed by atoms with E-state index in [0.717, 1.165) is 6.54 Å². The molecule has 2 N–H and O–H groups in total. The first-order chi connectivity index (χ1) is 11.3. The molecule has 1 saturated heterocycles. The Morgan fingerprint density at radius 2 is 2.04 bits per heavy atom. The van der Waals surface area contributed by atoms with Crippen molar-refractivity contribution in [2.75, 3.05) is 13.1 Å². The predicted molar refractivity (Wildman–Crippen MR) is 85.0 cm³/mol. The number of benzene rings is 1. The van der Waals surface area contributed by atoms with E-state index in [2.05, 4.69) is 5.32 Å². The van der Waals surface area contributed by atoms with Crippen molar-refractivity contribution >= 4 is 17.6 Å². The SMILES string of the molecule is O=C(OC1CCNC1)[C@](O)(c1ccc(Cl)cc1)[C@@H]1CCC(F)(F)C1. The lowest BCUT2D eigenvalue weighted by atomic mass is 9.80. The highest BCUT2D eigenvalue weighted by atomic mass is 35.5. The van der Waals surface area contributed by atoms with Crippen LogP contribution < -0.4 is 5.32 Å². The van der Waals surface area contributed by atoms with Gasteiger partial charge in [0.25, 0.3) is 0 Å². The van der Waals surface area contributed by atoms with Crippen LogP contribution in [0.4, 0.5) is 8.78 Å². The molecule has 1 aliphatic heterocycles. The molecule has 7 heteroatoms. The Labute approximate surface area is 144 Å². The van der Waals surface area contributed by atoms with Crippen LogP contribution in [0.5, 0.6) is 0 Å². The fourth-order valence-electron chi connectivity index (χ4n) is 3.50. The third kappa shape index (κ3) is 3.41. The second-order valence-electron chi connectivity index (χ2n) is 6.59. The standard InChI is InChI=1S/C17H20ClF2NO3/c18-13-3-1-11(2-4-13)17(23,12-5-7-16(19,20)9-12)15(22)24-14-6-8-21-10-14/h1-4,12,14,21,23H,5-10H2/t12-,14?,17+/m1/s1. The first-order valence-electron chi connectivity index (χ1n) is 8.09. The molecule has 2 fully saturated rings. The molecule has 2 aliphatic rings. The third-order valence-corrected chi connectivity index (χ3v) is 5.13. The second kappa shape index (κ2) is 6.58. The number of carbonyl (C=O) groups is 1. The Morgan fingerprint density at radius 3 is 2.58 bits per heavy atom. The zero-order valence-corrected chi connectivity index (χ0v) is 13.9. The number of alkyl halides is 2. The topological polar surface area (TPSA) is 58.6 Å². The fraction of sp³-hybridized carbons (Fsp3) is 0.588. The summed E-state index contributed by atoms with van der Waals surface area (Å²) < 4.78 is 32.8. The Bertz CT molecular complexity index is 604. The molecule has 3 rings (SSSR count). The van der Waals surface area contributed by atoms with Crippen molar-refractivity contribution in [3.8, 4) is 0 Å². The summed E-state index contributed by atoms with van der Waals surface area (Å²) in [6.45, 7) is 1.22. The Hall–Kier alpha value is -1.24. The van der Waals surface area contributed by atoms with Gasteiger partial charge in [-0.1, -0.05) is 23.7 Å². The number of ether oxygens (including phenoxy) is 1. The van der Waals surface area contributed by atoms with Crippen LogP contribution in [0.3, 0.4) is 0 Å². The van der Waals surface area contributed by atoms with Gasteiger partial charge in [0.05, 0.1) is 0 Å². The summed E-state index contributed by atoms with van der Waals surface area (Å²) in [5.74, 6) is -4.63. The van der Waals surface area contributed by atoms with E-state index >= 15 is 0 Å². The summed E-state index contributed by atoms with van der Waals surface area (Å²) in [6.07, 6.45) is -0.526. The van der Waals surface area contributed by atoms with E-state index in [9.17, 15) is 18.7 Å². The number of hydrogen-bond acceptors (Lipinski definition) is 4. The minimum atomic E-state index is -2.87. The van der Waals surface area contributed by atoms with E-state index in [1.807, 2.05) is 0 Å². The summed E-state index contributed by atoms with van der Waals surface area (Å²) >= 11 is 5.86. The van der Waals surface area contributed by atoms with E-state index in [4.69, 9.17) is 16.3 Å². The maximum Gasteiger partial charge on any atom is 0.343 e. The Kier molecular flexibility index (Phi) is 4.82. The first-order valence-corrected chi connectivity index (χ1v) is 8.47. The smallest absolute Gasteiger partial charge is 0.343 e. The molecule has 0 aromatic heterocycles. The third-order valence-electron chi connectivity index (χ3n) is 4.88. The quantitative estimate of drug-likeness (QED) is 0.812. The maximum absolute atomic E-state index is 13.7. The van der Waals surface area contributed by atoms with Crippen molar-refractivity contribution in [3.05, 3.63) is 34.9 Å². The molecule has 0 bridgehead atoms. The molecular formula is C17H20ClF2NO3. The van der Waals surface area contributed by atoms with Crippen molar-refractivity contribution in [1.29, 1.82) is 0 Å². The van der Waals surface area contributed by atoms with Gasteiger partial charge < -0.3 is 15.2 Å². The van der Waals surface area contributed by atoms with Crippen LogP contribution in [-0.4, -0.2) is 36.2 Å². The molecule has 0 radical (unpaired) electrons. The summed E-state index contributed by atoms with van der Waals surface area (Å²) in [6, 6.07) is 6.04. The lowest BCUT2D eigenvalue weighted by molar-refractivity contribution is -0.179. The highest BCUT2D eigenvalue weighted by molar-refractivity contribution is 6.30. The number of rotatable bonds is 4. The molecule has 132 valence electrons. The van der Waals surface area contributed by atoms with Crippen molar-refractivity contribution in [2.24, 2.45) is 5.92 Å². The average molecular weight is 360 g/mol. The van der Waals surface area contributed by atoms with Crippen molar-refractivity contribution < 1.29 is 23.4 Å². The molecule has 1 aliphatic carbocycles. The Morgan fingerprint density at radius 1 is 1.33 bits per heavy atom. The van der Waals surface area contributed by atoms with E-state index in [1.54, 1.807) is 0 Å². The molecular weight excluding hydrogens is 340 g/mol. The highest BCUT2D eigenvalue weighted by Crippen LogP contribution is 2.48. The van der Waals surface area contributed by atoms with Crippen LogP contribution in [0.25, 0.3) is 0 Å². The molecule has 1 unspecified atom stereocenters. The van der Waals surface area contributed by atoms with Gasteiger partial charge in [-0.15, -0.1) is 0 Å². The van der Waals surface area contributed by atoms with Crippen LogP contribution in [0.1, 0.15) is 31.2 Å². The van der Waals surface area contributed by atoms with Gasteiger partial charge in [-0.05, 0) is 37.1 Å². The van der Waals surface area contributed by atoms with Crippen LogP contribution in [0.2, 0.25) is 5.02 Å². The molecule has 4 nitrogen and oxygen atoms in total. The van der Waals surface area contributed by atoms with Crippen LogP contribution in [0, 0.1) is 5.92 Å².